The number of H-pyrrole nitrogens is 1. The maximum atomic E-state index is 12.1. The number of hydrogen-bond donors (Lipinski definition) is 3. The Bertz CT molecular complexity index is 632. The Morgan fingerprint density at radius 2 is 2.16 bits per heavy atom. The van der Waals surface area contributed by atoms with Gasteiger partial charge in [-0.2, -0.15) is 0 Å². The highest BCUT2D eigenvalue weighted by Crippen LogP contribution is 2.28. The summed E-state index contributed by atoms with van der Waals surface area (Å²) in [5.41, 5.74) is 1.28. The fourth-order valence-electron chi connectivity index (χ4n) is 2.32. The molecule has 1 aliphatic rings. The van der Waals surface area contributed by atoms with E-state index in [2.05, 4.69) is 15.6 Å². The molecule has 0 aliphatic carbocycles. The molecule has 1 amide bonds. The SMILES string of the molecule is O=C(N[C@@H]1CCNC1)c1cc2c(Cl)cc(Cl)cc2[nH]1. The van der Waals surface area contributed by atoms with Crippen molar-refractivity contribution in [2.45, 2.75) is 12.5 Å². The van der Waals surface area contributed by atoms with E-state index >= 15 is 0 Å². The van der Waals surface area contributed by atoms with Gasteiger partial charge in [0.1, 0.15) is 5.69 Å². The highest BCUT2D eigenvalue weighted by Gasteiger charge is 2.19. The number of halogens is 2. The highest BCUT2D eigenvalue weighted by atomic mass is 35.5. The number of benzene rings is 1. The third-order valence-electron chi connectivity index (χ3n) is 3.29. The van der Waals surface area contributed by atoms with Crippen molar-refractivity contribution < 1.29 is 4.79 Å². The predicted octanol–water partition coefficient (Wildman–Crippen LogP) is 2.57. The number of carbonyl (C=O) groups excluding carboxylic acids is 1. The summed E-state index contributed by atoms with van der Waals surface area (Å²) < 4.78 is 0. The van der Waals surface area contributed by atoms with E-state index in [0.29, 0.717) is 15.7 Å². The lowest BCUT2D eigenvalue weighted by Crippen LogP contribution is -2.36. The molecular formula is C13H13Cl2N3O. The van der Waals surface area contributed by atoms with Crippen molar-refractivity contribution in [3.8, 4) is 0 Å². The Morgan fingerprint density at radius 3 is 2.89 bits per heavy atom. The molecule has 2 aromatic rings. The number of rotatable bonds is 2. The molecule has 1 aromatic carbocycles. The lowest BCUT2D eigenvalue weighted by molar-refractivity contribution is 0.0936. The molecule has 2 heterocycles. The van der Waals surface area contributed by atoms with Crippen molar-refractivity contribution in [2.75, 3.05) is 13.1 Å². The van der Waals surface area contributed by atoms with Crippen molar-refractivity contribution >= 4 is 40.0 Å². The van der Waals surface area contributed by atoms with E-state index in [1.54, 1.807) is 18.2 Å². The van der Waals surface area contributed by atoms with Crippen LogP contribution in [-0.4, -0.2) is 30.0 Å². The number of aromatic nitrogens is 1. The van der Waals surface area contributed by atoms with Gasteiger partial charge in [0.15, 0.2) is 0 Å². The number of hydrogen-bond acceptors (Lipinski definition) is 2. The van der Waals surface area contributed by atoms with Crippen LogP contribution in [0, 0.1) is 0 Å². The number of carbonyl (C=O) groups is 1. The molecule has 0 saturated carbocycles. The first-order valence-electron chi connectivity index (χ1n) is 6.13. The van der Waals surface area contributed by atoms with Gasteiger partial charge in [-0.1, -0.05) is 23.2 Å². The fraction of sp³-hybridized carbons (Fsp3) is 0.308. The van der Waals surface area contributed by atoms with Crippen molar-refractivity contribution in [2.24, 2.45) is 0 Å². The molecule has 0 radical (unpaired) electrons. The van der Waals surface area contributed by atoms with Crippen molar-refractivity contribution in [1.82, 2.24) is 15.6 Å². The molecule has 0 bridgehead atoms. The Hall–Kier alpha value is -1.23. The second-order valence-electron chi connectivity index (χ2n) is 4.70. The van der Waals surface area contributed by atoms with E-state index in [9.17, 15) is 4.79 Å². The predicted molar refractivity (Wildman–Crippen MR) is 77.1 cm³/mol. The van der Waals surface area contributed by atoms with Crippen molar-refractivity contribution in [3.05, 3.63) is 33.9 Å². The number of nitrogens with one attached hydrogen (secondary N) is 3. The first kappa shape index (κ1) is 12.8. The van der Waals surface area contributed by atoms with Crippen LogP contribution in [0.4, 0.5) is 0 Å². The standard InChI is InChI=1S/C13H13Cl2N3O/c14-7-3-10(15)9-5-12(18-11(9)4-7)13(19)17-8-1-2-16-6-8/h3-5,8,16,18H,1-2,6H2,(H,17,19)/t8-/m1/s1. The summed E-state index contributed by atoms with van der Waals surface area (Å²) in [5, 5.41) is 8.09. The molecule has 19 heavy (non-hydrogen) atoms. The smallest absolute Gasteiger partial charge is 0.267 e. The average molecular weight is 298 g/mol. The van der Waals surface area contributed by atoms with E-state index in [-0.39, 0.29) is 11.9 Å². The summed E-state index contributed by atoms with van der Waals surface area (Å²) in [5.74, 6) is -0.114. The summed E-state index contributed by atoms with van der Waals surface area (Å²) in [6.45, 7) is 1.76. The monoisotopic (exact) mass is 297 g/mol. The Morgan fingerprint density at radius 1 is 1.32 bits per heavy atom. The van der Waals surface area contributed by atoms with Gasteiger partial charge in [-0.3, -0.25) is 4.79 Å². The van der Waals surface area contributed by atoms with Crippen molar-refractivity contribution in [3.63, 3.8) is 0 Å². The molecular weight excluding hydrogens is 285 g/mol. The molecule has 1 aliphatic heterocycles. The molecule has 1 aromatic heterocycles. The summed E-state index contributed by atoms with van der Waals surface area (Å²) >= 11 is 12.0. The summed E-state index contributed by atoms with van der Waals surface area (Å²) in [7, 11) is 0. The number of aromatic amines is 1. The van der Waals surface area contributed by atoms with Gasteiger partial charge < -0.3 is 15.6 Å². The first-order chi connectivity index (χ1) is 9.13. The lowest BCUT2D eigenvalue weighted by atomic mass is 10.2. The molecule has 3 N–H and O–H groups in total. The first-order valence-corrected chi connectivity index (χ1v) is 6.88. The van der Waals surface area contributed by atoms with Crippen LogP contribution in [0.3, 0.4) is 0 Å². The lowest BCUT2D eigenvalue weighted by Gasteiger charge is -2.09. The Kier molecular flexibility index (Phi) is 3.39. The topological polar surface area (TPSA) is 56.9 Å². The molecule has 1 fully saturated rings. The zero-order valence-corrected chi connectivity index (χ0v) is 11.6. The van der Waals surface area contributed by atoms with Gasteiger partial charge in [0.05, 0.1) is 5.02 Å². The number of fused-ring (bicyclic) bond motifs is 1. The minimum Gasteiger partial charge on any atom is -0.350 e. The molecule has 100 valence electrons. The van der Waals surface area contributed by atoms with Gasteiger partial charge in [-0.25, -0.2) is 0 Å². The molecule has 3 rings (SSSR count). The normalized spacial score (nSPS) is 18.9. The van der Waals surface area contributed by atoms with Gasteiger partial charge >= 0.3 is 0 Å². The molecule has 0 spiro atoms. The van der Waals surface area contributed by atoms with Crippen LogP contribution in [0.2, 0.25) is 10.0 Å². The van der Waals surface area contributed by atoms with E-state index in [1.807, 2.05) is 0 Å². The second kappa shape index (κ2) is 5.04. The zero-order chi connectivity index (χ0) is 13.4. The van der Waals surface area contributed by atoms with E-state index < -0.39 is 0 Å². The van der Waals surface area contributed by atoms with Crippen LogP contribution >= 0.6 is 23.2 Å². The quantitative estimate of drug-likeness (QED) is 0.798. The maximum absolute atomic E-state index is 12.1. The third-order valence-corrected chi connectivity index (χ3v) is 3.82. The Labute approximate surface area is 120 Å². The van der Waals surface area contributed by atoms with Crippen LogP contribution in [0.1, 0.15) is 16.9 Å². The number of amides is 1. The second-order valence-corrected chi connectivity index (χ2v) is 5.54. The van der Waals surface area contributed by atoms with Gasteiger partial charge in [0.25, 0.3) is 5.91 Å². The molecule has 6 heteroatoms. The van der Waals surface area contributed by atoms with E-state index in [4.69, 9.17) is 23.2 Å². The summed E-state index contributed by atoms with van der Waals surface area (Å²) in [4.78, 5) is 15.2. The van der Waals surface area contributed by atoms with E-state index in [1.165, 1.54) is 0 Å². The molecule has 1 saturated heterocycles. The summed E-state index contributed by atoms with van der Waals surface area (Å²) in [6.07, 6.45) is 0.957. The summed E-state index contributed by atoms with van der Waals surface area (Å²) in [6, 6.07) is 5.38. The van der Waals surface area contributed by atoms with Crippen LogP contribution in [0.15, 0.2) is 18.2 Å². The molecule has 4 nitrogen and oxygen atoms in total. The zero-order valence-electron chi connectivity index (χ0n) is 10.1. The van der Waals surface area contributed by atoms with E-state index in [0.717, 1.165) is 30.4 Å². The van der Waals surface area contributed by atoms with Crippen LogP contribution in [0.5, 0.6) is 0 Å². The average Bonchev–Trinajstić information content (AvgIpc) is 2.97. The largest absolute Gasteiger partial charge is 0.350 e. The minimum atomic E-state index is -0.114. The fourth-order valence-corrected chi connectivity index (χ4v) is 2.87. The van der Waals surface area contributed by atoms with Crippen LogP contribution in [0.25, 0.3) is 10.9 Å². The van der Waals surface area contributed by atoms with Crippen LogP contribution < -0.4 is 10.6 Å². The van der Waals surface area contributed by atoms with Crippen LogP contribution in [-0.2, 0) is 0 Å². The highest BCUT2D eigenvalue weighted by molar-refractivity contribution is 6.38. The Balaban J connectivity index is 1.88. The molecule has 1 atom stereocenters. The maximum Gasteiger partial charge on any atom is 0.267 e. The van der Waals surface area contributed by atoms with Gasteiger partial charge in [0.2, 0.25) is 0 Å². The van der Waals surface area contributed by atoms with Gasteiger partial charge in [-0.05, 0) is 31.2 Å². The minimum absolute atomic E-state index is 0.114. The van der Waals surface area contributed by atoms with Gasteiger partial charge in [-0.15, -0.1) is 0 Å². The van der Waals surface area contributed by atoms with Gasteiger partial charge in [0, 0.05) is 28.5 Å². The third kappa shape index (κ3) is 2.56. The van der Waals surface area contributed by atoms with Crippen molar-refractivity contribution in [1.29, 1.82) is 0 Å². The molecule has 0 unspecified atom stereocenters.